The minimum absolute atomic E-state index is 0.0959. The zero-order chi connectivity index (χ0) is 21.9. The minimum Gasteiger partial charge on any atom is -0.466 e. The van der Waals surface area contributed by atoms with Gasteiger partial charge in [-0.2, -0.15) is 0 Å². The molecule has 0 bridgehead atoms. The normalized spacial score (nSPS) is 17.0. The first-order valence-electron chi connectivity index (χ1n) is 8.97. The van der Waals surface area contributed by atoms with Gasteiger partial charge >= 0.3 is 11.9 Å². The Kier molecular flexibility index (Phi) is 6.43. The zero-order valence-electron chi connectivity index (χ0n) is 17.1. The van der Waals surface area contributed by atoms with Crippen LogP contribution in [-0.4, -0.2) is 36.1 Å². The third kappa shape index (κ3) is 4.62. The summed E-state index contributed by atoms with van der Waals surface area (Å²) in [6.45, 7) is 6.78. The van der Waals surface area contributed by atoms with E-state index in [1.165, 1.54) is 25.3 Å². The van der Waals surface area contributed by atoms with Crippen LogP contribution in [0.3, 0.4) is 0 Å². The summed E-state index contributed by atoms with van der Waals surface area (Å²) in [6.07, 6.45) is 0. The molecular weight excluding hydrogens is 378 g/mol. The molecule has 0 radical (unpaired) electrons. The van der Waals surface area contributed by atoms with Crippen molar-refractivity contribution in [2.45, 2.75) is 39.2 Å². The van der Waals surface area contributed by atoms with Gasteiger partial charge in [0.05, 0.1) is 29.1 Å². The van der Waals surface area contributed by atoms with Gasteiger partial charge in [0.25, 0.3) is 5.69 Å². The molecule has 1 unspecified atom stereocenters. The zero-order valence-corrected chi connectivity index (χ0v) is 17.1. The van der Waals surface area contributed by atoms with Crippen molar-refractivity contribution in [3.63, 3.8) is 0 Å². The highest BCUT2D eigenvalue weighted by atomic mass is 16.6. The van der Waals surface area contributed by atoms with Crippen molar-refractivity contribution >= 4 is 17.6 Å². The van der Waals surface area contributed by atoms with Crippen molar-refractivity contribution in [2.24, 2.45) is 5.73 Å². The molecule has 0 saturated heterocycles. The number of hydrogen-bond donors (Lipinski definition) is 2. The standard InChI is InChI=1S/C20H25N3O6/c1-11-15(18(24)28-5)17(13-7-6-8-14(9-13)23(26)27)16(12(2)22-11)19(25)29-20(3,4)10-21/h6-9,17,22H,10,21H2,1-5H3. The number of allylic oxidation sites excluding steroid dienone is 2. The SMILES string of the molecule is COC(=O)C1=C(C)NC(C)=C(C(=O)OC(C)(C)CN)C1c1cccc([N+](=O)[O-])c1. The van der Waals surface area contributed by atoms with Crippen LogP contribution in [0.4, 0.5) is 5.69 Å². The molecule has 2 rings (SSSR count). The van der Waals surface area contributed by atoms with E-state index in [0.717, 1.165) is 0 Å². The van der Waals surface area contributed by atoms with Gasteiger partial charge < -0.3 is 20.5 Å². The number of esters is 2. The summed E-state index contributed by atoms with van der Waals surface area (Å²) < 4.78 is 10.5. The molecule has 1 aromatic carbocycles. The highest BCUT2D eigenvalue weighted by molar-refractivity contribution is 6.00. The Morgan fingerprint density at radius 3 is 2.31 bits per heavy atom. The number of nitrogens with one attached hydrogen (secondary N) is 1. The van der Waals surface area contributed by atoms with Crippen molar-refractivity contribution in [2.75, 3.05) is 13.7 Å². The Balaban J connectivity index is 2.68. The van der Waals surface area contributed by atoms with Gasteiger partial charge in [-0.1, -0.05) is 12.1 Å². The molecule has 0 amide bonds. The van der Waals surface area contributed by atoms with E-state index in [-0.39, 0.29) is 23.4 Å². The lowest BCUT2D eigenvalue weighted by Gasteiger charge is -2.32. The Morgan fingerprint density at radius 1 is 1.21 bits per heavy atom. The number of ether oxygens (including phenoxy) is 2. The van der Waals surface area contributed by atoms with Crippen molar-refractivity contribution in [1.82, 2.24) is 5.32 Å². The third-order valence-corrected chi connectivity index (χ3v) is 4.66. The van der Waals surface area contributed by atoms with Gasteiger partial charge in [-0.3, -0.25) is 10.1 Å². The van der Waals surface area contributed by atoms with Gasteiger partial charge in [0.15, 0.2) is 0 Å². The van der Waals surface area contributed by atoms with Crippen molar-refractivity contribution in [3.8, 4) is 0 Å². The van der Waals surface area contributed by atoms with Crippen LogP contribution in [-0.2, 0) is 19.1 Å². The summed E-state index contributed by atoms with van der Waals surface area (Å²) in [4.78, 5) is 36.3. The molecule has 3 N–H and O–H groups in total. The highest BCUT2D eigenvalue weighted by Crippen LogP contribution is 2.40. The Morgan fingerprint density at radius 2 is 1.79 bits per heavy atom. The van der Waals surface area contributed by atoms with E-state index in [1.54, 1.807) is 33.8 Å². The number of nitrogens with two attached hydrogens (primary N) is 1. The van der Waals surface area contributed by atoms with E-state index in [0.29, 0.717) is 17.0 Å². The lowest BCUT2D eigenvalue weighted by Crippen LogP contribution is -2.39. The topological polar surface area (TPSA) is 134 Å². The molecule has 1 aliphatic rings. The summed E-state index contributed by atoms with van der Waals surface area (Å²) in [5.41, 5.74) is 6.29. The van der Waals surface area contributed by atoms with Crippen LogP contribution in [0.1, 0.15) is 39.2 Å². The van der Waals surface area contributed by atoms with E-state index in [9.17, 15) is 19.7 Å². The number of carbonyl (C=O) groups excluding carboxylic acids is 2. The monoisotopic (exact) mass is 403 g/mol. The number of non-ortho nitro benzene ring substituents is 1. The fourth-order valence-electron chi connectivity index (χ4n) is 3.14. The number of methoxy groups -OCH3 is 1. The Labute approximate surface area is 168 Å². The number of dihydropyridines is 1. The highest BCUT2D eigenvalue weighted by Gasteiger charge is 2.39. The van der Waals surface area contributed by atoms with Gasteiger partial charge in [-0.15, -0.1) is 0 Å². The third-order valence-electron chi connectivity index (χ3n) is 4.66. The molecule has 9 nitrogen and oxygen atoms in total. The van der Waals surface area contributed by atoms with E-state index >= 15 is 0 Å². The fraction of sp³-hybridized carbons (Fsp3) is 0.400. The summed E-state index contributed by atoms with van der Waals surface area (Å²) in [5, 5.41) is 14.3. The number of hydrogen-bond acceptors (Lipinski definition) is 8. The lowest BCUT2D eigenvalue weighted by molar-refractivity contribution is -0.384. The molecule has 9 heteroatoms. The van der Waals surface area contributed by atoms with Crippen LogP contribution in [0.25, 0.3) is 0 Å². The number of benzene rings is 1. The molecule has 1 atom stereocenters. The lowest BCUT2D eigenvalue weighted by atomic mass is 9.80. The number of nitro groups is 1. The fourth-order valence-corrected chi connectivity index (χ4v) is 3.14. The maximum absolute atomic E-state index is 13.1. The van der Waals surface area contributed by atoms with Crippen molar-refractivity contribution < 1.29 is 24.0 Å². The van der Waals surface area contributed by atoms with Crippen LogP contribution in [0, 0.1) is 10.1 Å². The second-order valence-corrected chi connectivity index (χ2v) is 7.33. The Hall–Kier alpha value is -3.20. The maximum Gasteiger partial charge on any atom is 0.337 e. The average Bonchev–Trinajstić information content (AvgIpc) is 2.66. The summed E-state index contributed by atoms with van der Waals surface area (Å²) in [6, 6.07) is 5.79. The van der Waals surface area contributed by atoms with E-state index in [2.05, 4.69) is 5.32 Å². The molecule has 1 aliphatic heterocycles. The molecule has 0 spiro atoms. The molecule has 0 fully saturated rings. The molecule has 0 aromatic heterocycles. The summed E-state index contributed by atoms with van der Waals surface area (Å²) >= 11 is 0. The minimum atomic E-state index is -0.931. The number of nitrogens with zero attached hydrogens (tertiary/aromatic N) is 1. The molecule has 29 heavy (non-hydrogen) atoms. The van der Waals surface area contributed by atoms with Gasteiger partial charge in [-0.05, 0) is 33.3 Å². The second-order valence-electron chi connectivity index (χ2n) is 7.33. The van der Waals surface area contributed by atoms with Crippen molar-refractivity contribution in [3.05, 3.63) is 62.5 Å². The number of rotatable bonds is 6. The van der Waals surface area contributed by atoms with Gasteiger partial charge in [-0.25, -0.2) is 9.59 Å². The Bertz CT molecular complexity index is 917. The molecule has 1 aromatic rings. The molecule has 0 saturated carbocycles. The average molecular weight is 403 g/mol. The van der Waals surface area contributed by atoms with Crippen LogP contribution in [0.15, 0.2) is 46.8 Å². The second kappa shape index (κ2) is 8.44. The molecule has 1 heterocycles. The van der Waals surface area contributed by atoms with Crippen LogP contribution >= 0.6 is 0 Å². The molecule has 156 valence electrons. The molecular formula is C20H25N3O6. The number of carbonyl (C=O) groups is 2. The first-order chi connectivity index (χ1) is 13.5. The van der Waals surface area contributed by atoms with E-state index < -0.39 is 28.4 Å². The van der Waals surface area contributed by atoms with E-state index in [4.69, 9.17) is 15.2 Å². The van der Waals surface area contributed by atoms with E-state index in [1.807, 2.05) is 0 Å². The largest absolute Gasteiger partial charge is 0.466 e. The summed E-state index contributed by atoms with van der Waals surface area (Å²) in [5.74, 6) is -2.22. The van der Waals surface area contributed by atoms with Gasteiger partial charge in [0.1, 0.15) is 5.60 Å². The van der Waals surface area contributed by atoms with Crippen molar-refractivity contribution in [1.29, 1.82) is 0 Å². The predicted octanol–water partition coefficient (Wildman–Crippen LogP) is 2.28. The van der Waals surface area contributed by atoms with Gasteiger partial charge in [0, 0.05) is 30.1 Å². The molecule has 0 aliphatic carbocycles. The van der Waals surface area contributed by atoms with Gasteiger partial charge in [0.2, 0.25) is 0 Å². The quantitative estimate of drug-likeness (QED) is 0.420. The van der Waals surface area contributed by atoms with Crippen LogP contribution < -0.4 is 11.1 Å². The first kappa shape index (κ1) is 22.1. The van der Waals surface area contributed by atoms with Crippen LogP contribution in [0.2, 0.25) is 0 Å². The summed E-state index contributed by atoms with van der Waals surface area (Å²) in [7, 11) is 1.23. The maximum atomic E-state index is 13.1. The predicted molar refractivity (Wildman–Crippen MR) is 106 cm³/mol. The van der Waals surface area contributed by atoms with Crippen LogP contribution in [0.5, 0.6) is 0 Å². The first-order valence-corrected chi connectivity index (χ1v) is 8.97. The smallest absolute Gasteiger partial charge is 0.337 e. The number of nitro benzene ring substituents is 1.